The summed E-state index contributed by atoms with van der Waals surface area (Å²) in [4.78, 5) is 0. The minimum atomic E-state index is -0.185. The van der Waals surface area contributed by atoms with Gasteiger partial charge in [0, 0.05) is 5.56 Å². The van der Waals surface area contributed by atoms with Crippen molar-refractivity contribution in [3.8, 4) is 28.4 Å². The molecule has 0 radical (unpaired) electrons. The third kappa shape index (κ3) is 2.24. The van der Waals surface area contributed by atoms with Crippen LogP contribution in [0.3, 0.4) is 0 Å². The number of aryl methyl sites for hydroxylation is 1. The second kappa shape index (κ2) is 5.40. The Bertz CT molecular complexity index is 873. The van der Waals surface area contributed by atoms with E-state index in [4.69, 9.17) is 9.47 Å². The van der Waals surface area contributed by atoms with Crippen LogP contribution in [-0.2, 0) is 6.61 Å². The molecule has 2 heterocycles. The van der Waals surface area contributed by atoms with Gasteiger partial charge in [-0.15, -0.1) is 5.10 Å². The summed E-state index contributed by atoms with van der Waals surface area (Å²) in [7, 11) is 0. The minimum Gasteiger partial charge on any atom is -0.454 e. The van der Waals surface area contributed by atoms with Crippen LogP contribution >= 0.6 is 0 Å². The number of hydrogen-bond acceptors (Lipinski definition) is 5. The molecule has 3 aromatic rings. The predicted octanol–water partition coefficient (Wildman–Crippen LogP) is 2.46. The molecule has 0 amide bonds. The number of benzene rings is 2. The number of para-hydroxylation sites is 1. The van der Waals surface area contributed by atoms with Crippen LogP contribution < -0.4 is 9.47 Å². The van der Waals surface area contributed by atoms with Crippen molar-refractivity contribution in [3.05, 3.63) is 53.7 Å². The summed E-state index contributed by atoms with van der Waals surface area (Å²) in [6, 6.07) is 13.6. The van der Waals surface area contributed by atoms with Crippen molar-refractivity contribution in [3.63, 3.8) is 0 Å². The Labute approximate surface area is 132 Å². The molecular formula is C17H15N3O3. The Morgan fingerprint density at radius 1 is 1.13 bits per heavy atom. The maximum Gasteiger partial charge on any atom is 0.231 e. The highest BCUT2D eigenvalue weighted by Crippen LogP contribution is 2.37. The lowest BCUT2D eigenvalue weighted by molar-refractivity contribution is 0.174. The van der Waals surface area contributed by atoms with E-state index in [2.05, 4.69) is 10.3 Å². The highest BCUT2D eigenvalue weighted by molar-refractivity contribution is 5.68. The van der Waals surface area contributed by atoms with Gasteiger partial charge in [0.25, 0.3) is 0 Å². The van der Waals surface area contributed by atoms with Gasteiger partial charge in [0.05, 0.1) is 12.3 Å². The monoisotopic (exact) mass is 309 g/mol. The Kier molecular flexibility index (Phi) is 3.24. The molecule has 2 aromatic carbocycles. The molecule has 1 N–H and O–H groups in total. The standard InChI is InChI=1S/C17H15N3O3/c1-11-4-2-3-5-14(11)20-17(13(9-21)18-19-20)12-6-7-15-16(8-12)23-10-22-15/h2-8,21H,9-10H2,1H3. The second-order valence-corrected chi connectivity index (χ2v) is 5.31. The largest absolute Gasteiger partial charge is 0.454 e. The molecule has 23 heavy (non-hydrogen) atoms. The van der Waals surface area contributed by atoms with Crippen molar-refractivity contribution in [2.75, 3.05) is 6.79 Å². The lowest BCUT2D eigenvalue weighted by Gasteiger charge is -2.10. The highest BCUT2D eigenvalue weighted by atomic mass is 16.7. The van der Waals surface area contributed by atoms with Gasteiger partial charge in [0.2, 0.25) is 6.79 Å². The van der Waals surface area contributed by atoms with Gasteiger partial charge in [-0.2, -0.15) is 0 Å². The quantitative estimate of drug-likeness (QED) is 0.805. The van der Waals surface area contributed by atoms with Crippen LogP contribution in [0.1, 0.15) is 11.3 Å². The van der Waals surface area contributed by atoms with Crippen LogP contribution in [0.15, 0.2) is 42.5 Å². The normalized spacial score (nSPS) is 12.6. The van der Waals surface area contributed by atoms with Crippen LogP contribution in [-0.4, -0.2) is 26.9 Å². The van der Waals surface area contributed by atoms with Gasteiger partial charge < -0.3 is 14.6 Å². The van der Waals surface area contributed by atoms with Crippen molar-refractivity contribution < 1.29 is 14.6 Å². The third-order valence-corrected chi connectivity index (χ3v) is 3.88. The first kappa shape index (κ1) is 13.8. The molecule has 0 saturated carbocycles. The number of aliphatic hydroxyl groups excluding tert-OH is 1. The van der Waals surface area contributed by atoms with Gasteiger partial charge in [-0.25, -0.2) is 4.68 Å². The fraction of sp³-hybridized carbons (Fsp3) is 0.176. The van der Waals surface area contributed by atoms with Gasteiger partial charge in [0.1, 0.15) is 11.4 Å². The molecule has 4 rings (SSSR count). The van der Waals surface area contributed by atoms with Gasteiger partial charge in [0.15, 0.2) is 11.5 Å². The fourth-order valence-electron chi connectivity index (χ4n) is 2.72. The Hall–Kier alpha value is -2.86. The zero-order valence-electron chi connectivity index (χ0n) is 12.6. The maximum absolute atomic E-state index is 9.63. The summed E-state index contributed by atoms with van der Waals surface area (Å²) in [6.45, 7) is 2.05. The fourth-order valence-corrected chi connectivity index (χ4v) is 2.72. The lowest BCUT2D eigenvalue weighted by atomic mass is 10.1. The zero-order valence-corrected chi connectivity index (χ0v) is 12.6. The second-order valence-electron chi connectivity index (χ2n) is 5.31. The van der Waals surface area contributed by atoms with E-state index < -0.39 is 0 Å². The summed E-state index contributed by atoms with van der Waals surface area (Å²) < 4.78 is 12.5. The molecule has 0 unspecified atom stereocenters. The van der Waals surface area contributed by atoms with E-state index >= 15 is 0 Å². The zero-order chi connectivity index (χ0) is 15.8. The van der Waals surface area contributed by atoms with Crippen LogP contribution in [0, 0.1) is 6.92 Å². The van der Waals surface area contributed by atoms with Crippen LogP contribution in [0.5, 0.6) is 11.5 Å². The smallest absolute Gasteiger partial charge is 0.231 e. The summed E-state index contributed by atoms with van der Waals surface area (Å²) in [5.74, 6) is 1.40. The van der Waals surface area contributed by atoms with E-state index in [9.17, 15) is 5.11 Å². The first-order valence-electron chi connectivity index (χ1n) is 7.29. The topological polar surface area (TPSA) is 69.4 Å². The Morgan fingerprint density at radius 3 is 2.78 bits per heavy atom. The summed E-state index contributed by atoms with van der Waals surface area (Å²) in [6.07, 6.45) is 0. The number of fused-ring (bicyclic) bond motifs is 1. The number of aromatic nitrogens is 3. The molecule has 1 aliphatic heterocycles. The molecule has 116 valence electrons. The molecule has 1 aromatic heterocycles. The van der Waals surface area contributed by atoms with Crippen LogP contribution in [0.2, 0.25) is 0 Å². The van der Waals surface area contributed by atoms with Crippen molar-refractivity contribution in [1.29, 1.82) is 0 Å². The molecule has 0 saturated heterocycles. The van der Waals surface area contributed by atoms with E-state index in [0.717, 1.165) is 22.5 Å². The molecule has 0 atom stereocenters. The third-order valence-electron chi connectivity index (χ3n) is 3.88. The summed E-state index contributed by atoms with van der Waals surface area (Å²) >= 11 is 0. The lowest BCUT2D eigenvalue weighted by Crippen LogP contribution is -2.02. The first-order valence-corrected chi connectivity index (χ1v) is 7.29. The van der Waals surface area contributed by atoms with Gasteiger partial charge >= 0.3 is 0 Å². The summed E-state index contributed by atoms with van der Waals surface area (Å²) in [5, 5.41) is 18.0. The molecule has 0 fully saturated rings. The molecule has 0 bridgehead atoms. The van der Waals surface area contributed by atoms with Crippen molar-refractivity contribution in [1.82, 2.24) is 15.0 Å². The average Bonchev–Trinajstić information content (AvgIpc) is 3.20. The molecule has 0 aliphatic carbocycles. The Balaban J connectivity index is 1.91. The Morgan fingerprint density at radius 2 is 1.96 bits per heavy atom. The molecule has 6 heteroatoms. The maximum atomic E-state index is 9.63. The molecule has 1 aliphatic rings. The number of rotatable bonds is 3. The van der Waals surface area contributed by atoms with Crippen molar-refractivity contribution in [2.45, 2.75) is 13.5 Å². The number of ether oxygens (including phenoxy) is 2. The molecule has 6 nitrogen and oxygen atoms in total. The SMILES string of the molecule is Cc1ccccc1-n1nnc(CO)c1-c1ccc2c(c1)OCO2. The van der Waals surface area contributed by atoms with Gasteiger partial charge in [-0.3, -0.25) is 0 Å². The number of nitrogens with zero attached hydrogens (tertiary/aromatic N) is 3. The van der Waals surface area contributed by atoms with E-state index in [0.29, 0.717) is 17.2 Å². The first-order chi connectivity index (χ1) is 11.3. The summed E-state index contributed by atoms with van der Waals surface area (Å²) in [5.41, 5.74) is 4.13. The van der Waals surface area contributed by atoms with Crippen molar-refractivity contribution >= 4 is 0 Å². The average molecular weight is 309 g/mol. The molecular weight excluding hydrogens is 294 g/mol. The number of aliphatic hydroxyl groups is 1. The molecule has 0 spiro atoms. The van der Waals surface area contributed by atoms with Crippen molar-refractivity contribution in [2.24, 2.45) is 0 Å². The predicted molar refractivity (Wildman–Crippen MR) is 83.6 cm³/mol. The van der Waals surface area contributed by atoms with E-state index in [-0.39, 0.29) is 13.4 Å². The minimum absolute atomic E-state index is 0.185. The highest BCUT2D eigenvalue weighted by Gasteiger charge is 2.20. The van der Waals surface area contributed by atoms with Gasteiger partial charge in [-0.1, -0.05) is 23.4 Å². The van der Waals surface area contributed by atoms with E-state index in [1.54, 1.807) is 4.68 Å². The van der Waals surface area contributed by atoms with Crippen LogP contribution in [0.4, 0.5) is 0 Å². The van der Waals surface area contributed by atoms with Crippen LogP contribution in [0.25, 0.3) is 16.9 Å². The van der Waals surface area contributed by atoms with Gasteiger partial charge in [-0.05, 0) is 36.8 Å². The van der Waals surface area contributed by atoms with E-state index in [1.807, 2.05) is 49.4 Å². The van der Waals surface area contributed by atoms with E-state index in [1.165, 1.54) is 0 Å². The number of hydrogen-bond donors (Lipinski definition) is 1.